The minimum atomic E-state index is -4.44. The molecule has 5 rings (SSSR count). The lowest BCUT2D eigenvalue weighted by Gasteiger charge is -2.10. The van der Waals surface area contributed by atoms with Crippen molar-refractivity contribution in [1.82, 2.24) is 19.9 Å². The second-order valence-corrected chi connectivity index (χ2v) is 7.88. The zero-order valence-electron chi connectivity index (χ0n) is 18.1. The number of rotatable bonds is 3. The number of benzene rings is 3. The third-order valence-electron chi connectivity index (χ3n) is 5.64. The Morgan fingerprint density at radius 3 is 2.26 bits per heavy atom. The monoisotopic (exact) mass is 462 g/mol. The van der Waals surface area contributed by atoms with Crippen LogP contribution in [0.2, 0.25) is 0 Å². The minimum absolute atomic E-state index is 0.0451. The van der Waals surface area contributed by atoms with Crippen molar-refractivity contribution < 1.29 is 17.7 Å². The lowest BCUT2D eigenvalue weighted by Crippen LogP contribution is -2.22. The van der Waals surface area contributed by atoms with Gasteiger partial charge in [-0.05, 0) is 55.3 Å². The fourth-order valence-corrected chi connectivity index (χ4v) is 3.62. The largest absolute Gasteiger partial charge is 0.416 e. The highest BCUT2D eigenvalue weighted by Gasteiger charge is 2.30. The molecule has 0 aliphatic heterocycles. The van der Waals surface area contributed by atoms with Crippen LogP contribution in [-0.4, -0.2) is 19.9 Å². The first-order valence-corrected chi connectivity index (χ1v) is 10.3. The summed E-state index contributed by atoms with van der Waals surface area (Å²) in [5.41, 5.74) is 2.24. The van der Waals surface area contributed by atoms with Crippen LogP contribution < -0.4 is 5.56 Å². The number of hydrogen-bond donors (Lipinski definition) is 0. The maximum atomic E-state index is 13.2. The fraction of sp³-hybridized carbons (Fsp3) is 0.120. The Balaban J connectivity index is 1.65. The summed E-state index contributed by atoms with van der Waals surface area (Å²) in [7, 11) is 0. The van der Waals surface area contributed by atoms with Crippen molar-refractivity contribution in [1.29, 1.82) is 0 Å². The molecule has 0 amide bonds. The first-order valence-electron chi connectivity index (χ1n) is 10.3. The summed E-state index contributed by atoms with van der Waals surface area (Å²) in [6.07, 6.45) is -4.44. The molecule has 9 heteroatoms. The molecule has 0 N–H and O–H groups in total. The number of halogens is 3. The van der Waals surface area contributed by atoms with Crippen LogP contribution in [0.5, 0.6) is 0 Å². The SMILES string of the molecule is Cc1ccc(-n2nc(-c3nc(-c4ccc(C(F)(F)F)cc4)no3)c3ccccc3c2=O)cc1C. The van der Waals surface area contributed by atoms with Gasteiger partial charge in [0.05, 0.1) is 16.6 Å². The molecule has 6 nitrogen and oxygen atoms in total. The molecule has 0 aliphatic rings. The van der Waals surface area contributed by atoms with Gasteiger partial charge in [0.25, 0.3) is 11.4 Å². The van der Waals surface area contributed by atoms with E-state index >= 15 is 0 Å². The number of nitrogens with zero attached hydrogens (tertiary/aromatic N) is 4. The second kappa shape index (κ2) is 7.95. The van der Waals surface area contributed by atoms with E-state index in [1.807, 2.05) is 26.0 Å². The third kappa shape index (κ3) is 3.75. The van der Waals surface area contributed by atoms with Crippen LogP contribution in [0, 0.1) is 13.8 Å². The first kappa shape index (κ1) is 21.6. The number of aryl methyl sites for hydroxylation is 2. The van der Waals surface area contributed by atoms with E-state index in [0.29, 0.717) is 27.7 Å². The Labute approximate surface area is 191 Å². The maximum absolute atomic E-state index is 13.2. The number of aromatic nitrogens is 4. The van der Waals surface area contributed by atoms with Crippen LogP contribution >= 0.6 is 0 Å². The predicted octanol–water partition coefficient (Wildman–Crippen LogP) is 5.74. The summed E-state index contributed by atoms with van der Waals surface area (Å²) in [5, 5.41) is 9.38. The van der Waals surface area contributed by atoms with Crippen LogP contribution in [-0.2, 0) is 6.18 Å². The molecule has 0 unspecified atom stereocenters. The van der Waals surface area contributed by atoms with Crippen molar-refractivity contribution in [2.75, 3.05) is 0 Å². The zero-order chi connectivity index (χ0) is 24.0. The van der Waals surface area contributed by atoms with Gasteiger partial charge in [0.1, 0.15) is 0 Å². The molecule has 0 aliphatic carbocycles. The lowest BCUT2D eigenvalue weighted by atomic mass is 10.1. The summed E-state index contributed by atoms with van der Waals surface area (Å²) >= 11 is 0. The zero-order valence-corrected chi connectivity index (χ0v) is 18.1. The van der Waals surface area contributed by atoms with Crippen molar-refractivity contribution in [2.45, 2.75) is 20.0 Å². The highest BCUT2D eigenvalue weighted by atomic mass is 19.4. The molecule has 2 aromatic heterocycles. The molecule has 2 heterocycles. The Hall–Kier alpha value is -4.27. The molecule has 0 radical (unpaired) electrons. The number of alkyl halides is 3. The van der Waals surface area contributed by atoms with E-state index in [1.54, 1.807) is 30.3 Å². The number of fused-ring (bicyclic) bond motifs is 1. The molecule has 0 bridgehead atoms. The van der Waals surface area contributed by atoms with Gasteiger partial charge in [-0.1, -0.05) is 41.6 Å². The fourth-order valence-electron chi connectivity index (χ4n) is 3.62. The van der Waals surface area contributed by atoms with Gasteiger partial charge in [0.2, 0.25) is 5.82 Å². The van der Waals surface area contributed by atoms with E-state index in [4.69, 9.17) is 4.52 Å². The molecule has 0 fully saturated rings. The minimum Gasteiger partial charge on any atom is -0.332 e. The number of hydrogen-bond acceptors (Lipinski definition) is 5. The molecule has 170 valence electrons. The van der Waals surface area contributed by atoms with Crippen LogP contribution in [0.4, 0.5) is 13.2 Å². The van der Waals surface area contributed by atoms with Gasteiger partial charge in [-0.25, -0.2) is 0 Å². The molecular formula is C25H17F3N4O2. The highest BCUT2D eigenvalue weighted by molar-refractivity contribution is 5.92. The molecule has 5 aromatic rings. The molecule has 34 heavy (non-hydrogen) atoms. The summed E-state index contributed by atoms with van der Waals surface area (Å²) in [5.74, 6) is 0.155. The van der Waals surface area contributed by atoms with Crippen molar-refractivity contribution in [3.8, 4) is 28.7 Å². The molecule has 0 saturated heterocycles. The van der Waals surface area contributed by atoms with Gasteiger partial charge >= 0.3 is 6.18 Å². The van der Waals surface area contributed by atoms with Crippen LogP contribution in [0.15, 0.2) is 76.0 Å². The standard InChI is InChI=1S/C25H17F3N4O2/c1-14-7-12-18(13-15(14)2)32-24(33)20-6-4-3-5-19(20)21(30-32)23-29-22(31-34-23)16-8-10-17(11-9-16)25(26,27)28/h3-13H,1-2H3. The van der Waals surface area contributed by atoms with Crippen molar-refractivity contribution >= 4 is 10.8 Å². The average Bonchev–Trinajstić information content (AvgIpc) is 3.31. The molecule has 3 aromatic carbocycles. The van der Waals surface area contributed by atoms with Gasteiger partial charge in [-0.2, -0.15) is 27.9 Å². The van der Waals surface area contributed by atoms with Gasteiger partial charge in [0.15, 0.2) is 5.69 Å². The van der Waals surface area contributed by atoms with Gasteiger partial charge in [-0.15, -0.1) is 0 Å². The molecule has 0 atom stereocenters. The second-order valence-electron chi connectivity index (χ2n) is 7.88. The third-order valence-corrected chi connectivity index (χ3v) is 5.64. The summed E-state index contributed by atoms with van der Waals surface area (Å²) in [6.45, 7) is 3.92. The Morgan fingerprint density at radius 2 is 1.59 bits per heavy atom. The first-order chi connectivity index (χ1) is 16.2. The van der Waals surface area contributed by atoms with E-state index in [2.05, 4.69) is 15.2 Å². The normalized spacial score (nSPS) is 11.8. The summed E-state index contributed by atoms with van der Waals surface area (Å²) < 4.78 is 45.3. The van der Waals surface area contributed by atoms with Crippen molar-refractivity contribution in [2.24, 2.45) is 0 Å². The lowest BCUT2D eigenvalue weighted by molar-refractivity contribution is -0.137. The van der Waals surface area contributed by atoms with Gasteiger partial charge < -0.3 is 4.52 Å². The van der Waals surface area contributed by atoms with E-state index in [9.17, 15) is 18.0 Å². The Morgan fingerprint density at radius 1 is 0.882 bits per heavy atom. The van der Waals surface area contributed by atoms with Crippen LogP contribution in [0.3, 0.4) is 0 Å². The molecular weight excluding hydrogens is 445 g/mol. The van der Waals surface area contributed by atoms with Crippen LogP contribution in [0.25, 0.3) is 39.4 Å². The highest BCUT2D eigenvalue weighted by Crippen LogP contribution is 2.31. The van der Waals surface area contributed by atoms with Crippen LogP contribution in [0.1, 0.15) is 16.7 Å². The van der Waals surface area contributed by atoms with E-state index in [0.717, 1.165) is 23.3 Å². The maximum Gasteiger partial charge on any atom is 0.416 e. The molecule has 0 saturated carbocycles. The van der Waals surface area contributed by atoms with Crippen molar-refractivity contribution in [3.63, 3.8) is 0 Å². The Kier molecular flexibility index (Phi) is 5.04. The van der Waals surface area contributed by atoms with E-state index < -0.39 is 11.7 Å². The van der Waals surface area contributed by atoms with Gasteiger partial charge in [-0.3, -0.25) is 4.79 Å². The predicted molar refractivity (Wildman–Crippen MR) is 121 cm³/mol. The topological polar surface area (TPSA) is 73.8 Å². The Bertz CT molecular complexity index is 1590. The van der Waals surface area contributed by atoms with E-state index in [-0.39, 0.29) is 17.3 Å². The smallest absolute Gasteiger partial charge is 0.332 e. The summed E-state index contributed by atoms with van der Waals surface area (Å²) in [4.78, 5) is 17.5. The quantitative estimate of drug-likeness (QED) is 0.342. The average molecular weight is 462 g/mol. The summed E-state index contributed by atoms with van der Waals surface area (Å²) in [6, 6.07) is 17.0. The molecule has 0 spiro atoms. The van der Waals surface area contributed by atoms with Crippen molar-refractivity contribution in [3.05, 3.63) is 93.8 Å². The van der Waals surface area contributed by atoms with Gasteiger partial charge in [0, 0.05) is 10.9 Å². The van der Waals surface area contributed by atoms with E-state index in [1.165, 1.54) is 16.8 Å².